The highest BCUT2D eigenvalue weighted by molar-refractivity contribution is 5.70. The van der Waals surface area contributed by atoms with Crippen molar-refractivity contribution in [3.63, 3.8) is 0 Å². The van der Waals surface area contributed by atoms with E-state index in [9.17, 15) is 4.79 Å². The monoisotopic (exact) mass is 213 g/mol. The van der Waals surface area contributed by atoms with E-state index in [1.54, 1.807) is 0 Å². The highest BCUT2D eigenvalue weighted by Gasteiger charge is 2.25. The van der Waals surface area contributed by atoms with Crippen molar-refractivity contribution < 1.29 is 9.53 Å². The standard InChI is InChI=1S/C12H23NO2/c1-3-10(13)8-12(14)15-11-7-5-4-6-9(11)2/h9-11H,3-8,13H2,1-2H3. The van der Waals surface area contributed by atoms with Gasteiger partial charge >= 0.3 is 5.97 Å². The van der Waals surface area contributed by atoms with Crippen LogP contribution < -0.4 is 5.73 Å². The summed E-state index contributed by atoms with van der Waals surface area (Å²) in [5, 5.41) is 0. The summed E-state index contributed by atoms with van der Waals surface area (Å²) in [6.07, 6.45) is 5.97. The quantitative estimate of drug-likeness (QED) is 0.729. The lowest BCUT2D eigenvalue weighted by atomic mass is 9.88. The molecule has 0 spiro atoms. The average molecular weight is 213 g/mol. The lowest BCUT2D eigenvalue weighted by Crippen LogP contribution is -2.31. The van der Waals surface area contributed by atoms with Gasteiger partial charge in [0.25, 0.3) is 0 Å². The van der Waals surface area contributed by atoms with Crippen LogP contribution in [-0.4, -0.2) is 18.1 Å². The Kier molecular flexibility index (Phi) is 5.09. The molecule has 3 atom stereocenters. The van der Waals surface area contributed by atoms with Crippen LogP contribution >= 0.6 is 0 Å². The molecule has 0 radical (unpaired) electrons. The maximum absolute atomic E-state index is 11.5. The second-order valence-electron chi connectivity index (χ2n) is 4.66. The smallest absolute Gasteiger partial charge is 0.307 e. The molecule has 1 fully saturated rings. The van der Waals surface area contributed by atoms with Gasteiger partial charge in [-0.2, -0.15) is 0 Å². The van der Waals surface area contributed by atoms with E-state index in [1.165, 1.54) is 19.3 Å². The van der Waals surface area contributed by atoms with Gasteiger partial charge in [-0.15, -0.1) is 0 Å². The van der Waals surface area contributed by atoms with E-state index in [-0.39, 0.29) is 18.1 Å². The first-order valence-corrected chi connectivity index (χ1v) is 6.08. The Hall–Kier alpha value is -0.570. The van der Waals surface area contributed by atoms with Crippen molar-refractivity contribution in [2.75, 3.05) is 0 Å². The number of hydrogen-bond acceptors (Lipinski definition) is 3. The van der Waals surface area contributed by atoms with E-state index in [1.807, 2.05) is 6.92 Å². The van der Waals surface area contributed by atoms with Crippen LogP contribution in [0.4, 0.5) is 0 Å². The van der Waals surface area contributed by atoms with Gasteiger partial charge in [0.2, 0.25) is 0 Å². The van der Waals surface area contributed by atoms with E-state index >= 15 is 0 Å². The third-order valence-electron chi connectivity index (χ3n) is 3.27. The van der Waals surface area contributed by atoms with E-state index in [4.69, 9.17) is 10.5 Å². The molecule has 1 saturated carbocycles. The molecule has 1 aliphatic carbocycles. The van der Waals surface area contributed by atoms with Crippen LogP contribution in [0.2, 0.25) is 0 Å². The van der Waals surface area contributed by atoms with Gasteiger partial charge in [-0.3, -0.25) is 4.79 Å². The molecular weight excluding hydrogens is 190 g/mol. The van der Waals surface area contributed by atoms with Crippen LogP contribution in [0, 0.1) is 5.92 Å². The third kappa shape index (κ3) is 4.20. The molecule has 0 bridgehead atoms. The first-order chi connectivity index (χ1) is 7.13. The largest absolute Gasteiger partial charge is 0.462 e. The average Bonchev–Trinajstić information content (AvgIpc) is 2.21. The van der Waals surface area contributed by atoms with Gasteiger partial charge < -0.3 is 10.5 Å². The second kappa shape index (κ2) is 6.11. The lowest BCUT2D eigenvalue weighted by Gasteiger charge is -2.28. The maximum Gasteiger partial charge on any atom is 0.307 e. The molecule has 0 saturated heterocycles. The number of rotatable bonds is 4. The van der Waals surface area contributed by atoms with Crippen molar-refractivity contribution in [3.05, 3.63) is 0 Å². The second-order valence-corrected chi connectivity index (χ2v) is 4.66. The van der Waals surface area contributed by atoms with Crippen LogP contribution in [-0.2, 0) is 9.53 Å². The Morgan fingerprint density at radius 2 is 2.13 bits per heavy atom. The Morgan fingerprint density at radius 3 is 2.73 bits per heavy atom. The summed E-state index contributed by atoms with van der Waals surface area (Å²) in [6, 6.07) is -0.0450. The van der Waals surface area contributed by atoms with Crippen LogP contribution in [0.1, 0.15) is 52.4 Å². The van der Waals surface area contributed by atoms with Crippen LogP contribution in [0.15, 0.2) is 0 Å². The zero-order chi connectivity index (χ0) is 11.3. The zero-order valence-electron chi connectivity index (χ0n) is 9.87. The topological polar surface area (TPSA) is 52.3 Å². The Bertz CT molecular complexity index is 206. The molecule has 0 aromatic heterocycles. The molecule has 0 amide bonds. The number of carbonyl (C=O) groups is 1. The molecule has 0 aliphatic heterocycles. The van der Waals surface area contributed by atoms with Crippen molar-refractivity contribution in [1.82, 2.24) is 0 Å². The summed E-state index contributed by atoms with van der Waals surface area (Å²) in [5.41, 5.74) is 5.71. The van der Waals surface area contributed by atoms with Gasteiger partial charge in [0.1, 0.15) is 6.10 Å². The number of esters is 1. The molecule has 0 aromatic carbocycles. The van der Waals surface area contributed by atoms with Crippen LogP contribution in [0.3, 0.4) is 0 Å². The van der Waals surface area contributed by atoms with Crippen molar-refractivity contribution in [2.24, 2.45) is 11.7 Å². The Labute approximate surface area is 92.4 Å². The maximum atomic E-state index is 11.5. The van der Waals surface area contributed by atoms with E-state index < -0.39 is 0 Å². The molecule has 3 unspecified atom stereocenters. The highest BCUT2D eigenvalue weighted by atomic mass is 16.5. The number of hydrogen-bond donors (Lipinski definition) is 1. The molecule has 1 rings (SSSR count). The minimum absolute atomic E-state index is 0.0450. The van der Waals surface area contributed by atoms with E-state index in [0.29, 0.717) is 12.3 Å². The van der Waals surface area contributed by atoms with Gasteiger partial charge in [-0.05, 0) is 31.6 Å². The van der Waals surface area contributed by atoms with Gasteiger partial charge in [-0.25, -0.2) is 0 Å². The molecule has 0 heterocycles. The summed E-state index contributed by atoms with van der Waals surface area (Å²) >= 11 is 0. The van der Waals surface area contributed by atoms with Gasteiger partial charge in [0.05, 0.1) is 6.42 Å². The summed E-state index contributed by atoms with van der Waals surface area (Å²) in [4.78, 5) is 11.5. The number of ether oxygens (including phenoxy) is 1. The predicted octanol–water partition coefficient (Wildman–Crippen LogP) is 2.24. The fraction of sp³-hybridized carbons (Fsp3) is 0.917. The SMILES string of the molecule is CCC(N)CC(=O)OC1CCCCC1C. The van der Waals surface area contributed by atoms with Crippen molar-refractivity contribution in [3.8, 4) is 0 Å². The molecular formula is C12H23NO2. The molecule has 1 aliphatic rings. The zero-order valence-corrected chi connectivity index (χ0v) is 9.87. The van der Waals surface area contributed by atoms with Crippen molar-refractivity contribution in [2.45, 2.75) is 64.5 Å². The summed E-state index contributed by atoms with van der Waals surface area (Å²) in [5.74, 6) is 0.392. The summed E-state index contributed by atoms with van der Waals surface area (Å²) in [6.45, 7) is 4.15. The first-order valence-electron chi connectivity index (χ1n) is 6.08. The molecule has 3 nitrogen and oxygen atoms in total. The molecule has 88 valence electrons. The summed E-state index contributed by atoms with van der Waals surface area (Å²) < 4.78 is 5.46. The minimum atomic E-state index is -0.122. The first kappa shape index (κ1) is 12.5. The minimum Gasteiger partial charge on any atom is -0.462 e. The lowest BCUT2D eigenvalue weighted by molar-refractivity contribution is -0.153. The normalized spacial score (nSPS) is 28.5. The Morgan fingerprint density at radius 1 is 1.47 bits per heavy atom. The van der Waals surface area contributed by atoms with Crippen LogP contribution in [0.25, 0.3) is 0 Å². The van der Waals surface area contributed by atoms with Gasteiger partial charge in [0.15, 0.2) is 0 Å². The van der Waals surface area contributed by atoms with Gasteiger partial charge in [-0.1, -0.05) is 20.3 Å². The molecule has 15 heavy (non-hydrogen) atoms. The van der Waals surface area contributed by atoms with Crippen molar-refractivity contribution in [1.29, 1.82) is 0 Å². The van der Waals surface area contributed by atoms with E-state index in [2.05, 4.69) is 6.92 Å². The molecule has 0 aromatic rings. The van der Waals surface area contributed by atoms with Crippen LogP contribution in [0.5, 0.6) is 0 Å². The third-order valence-corrected chi connectivity index (χ3v) is 3.27. The number of nitrogens with two attached hydrogens (primary N) is 1. The number of carbonyl (C=O) groups excluding carboxylic acids is 1. The van der Waals surface area contributed by atoms with Gasteiger partial charge in [0, 0.05) is 6.04 Å². The van der Waals surface area contributed by atoms with E-state index in [0.717, 1.165) is 12.8 Å². The highest BCUT2D eigenvalue weighted by Crippen LogP contribution is 2.26. The Balaban J connectivity index is 2.29. The predicted molar refractivity (Wildman–Crippen MR) is 60.4 cm³/mol. The fourth-order valence-corrected chi connectivity index (χ4v) is 2.03. The summed E-state index contributed by atoms with van der Waals surface area (Å²) in [7, 11) is 0. The molecule has 2 N–H and O–H groups in total. The molecule has 3 heteroatoms. The van der Waals surface area contributed by atoms with Crippen molar-refractivity contribution >= 4 is 5.97 Å². The fourth-order valence-electron chi connectivity index (χ4n) is 2.03.